The molecule has 1 aromatic rings. The minimum Gasteiger partial charge on any atom is -0.454 e. The average molecular weight is 435 g/mol. The molecule has 162 valence electrons. The number of carbonyl (C=O) groups is 2. The minimum atomic E-state index is -0.0664. The molecule has 3 aliphatic heterocycles. The van der Waals surface area contributed by atoms with Crippen LogP contribution in [0.25, 0.3) is 6.08 Å². The van der Waals surface area contributed by atoms with Gasteiger partial charge < -0.3 is 24.0 Å². The fourth-order valence-corrected chi connectivity index (χ4v) is 4.59. The van der Waals surface area contributed by atoms with Crippen LogP contribution in [0.2, 0.25) is 5.02 Å². The molecule has 1 aromatic carbocycles. The van der Waals surface area contributed by atoms with Crippen molar-refractivity contribution in [3.8, 4) is 11.5 Å². The maximum atomic E-state index is 12.9. The van der Waals surface area contributed by atoms with Crippen molar-refractivity contribution in [2.24, 2.45) is 5.92 Å². The number of hydrogen-bond donors (Lipinski definition) is 0. The number of morpholine rings is 1. The van der Waals surface area contributed by atoms with Crippen molar-refractivity contribution in [2.75, 3.05) is 33.0 Å². The molecule has 0 aromatic heterocycles. The highest BCUT2D eigenvalue weighted by molar-refractivity contribution is 6.32. The Kier molecular flexibility index (Phi) is 6.20. The molecule has 0 saturated carbocycles. The van der Waals surface area contributed by atoms with Crippen LogP contribution in [0.5, 0.6) is 11.5 Å². The fourth-order valence-electron chi connectivity index (χ4n) is 4.32. The van der Waals surface area contributed by atoms with Gasteiger partial charge in [0.2, 0.25) is 18.6 Å². The topological polar surface area (TPSA) is 68.3 Å². The van der Waals surface area contributed by atoms with Crippen LogP contribution in [-0.2, 0) is 14.3 Å². The zero-order valence-electron chi connectivity index (χ0n) is 17.3. The SMILES string of the molecule is C[C@@H]1CN(C(=O)C2CCN(C(=O)/C=C\c3cc(Cl)c4c(c3)OCO4)CC2)C[C@@H](C)O1. The highest BCUT2D eigenvalue weighted by Gasteiger charge is 2.33. The molecule has 0 aliphatic carbocycles. The van der Waals surface area contributed by atoms with Gasteiger partial charge in [0.15, 0.2) is 11.5 Å². The van der Waals surface area contributed by atoms with Gasteiger partial charge in [-0.25, -0.2) is 0 Å². The van der Waals surface area contributed by atoms with E-state index in [-0.39, 0.29) is 36.7 Å². The van der Waals surface area contributed by atoms with E-state index in [2.05, 4.69) is 0 Å². The van der Waals surface area contributed by atoms with Crippen molar-refractivity contribution >= 4 is 29.5 Å². The van der Waals surface area contributed by atoms with E-state index >= 15 is 0 Å². The number of benzene rings is 1. The van der Waals surface area contributed by atoms with E-state index in [0.29, 0.717) is 55.5 Å². The number of amides is 2. The summed E-state index contributed by atoms with van der Waals surface area (Å²) in [6.45, 7) is 6.59. The van der Waals surface area contributed by atoms with Gasteiger partial charge in [-0.2, -0.15) is 0 Å². The fraction of sp³-hybridized carbons (Fsp3) is 0.545. The molecule has 4 rings (SSSR count). The number of hydrogen-bond acceptors (Lipinski definition) is 5. The lowest BCUT2D eigenvalue weighted by Gasteiger charge is -2.39. The Labute approximate surface area is 181 Å². The van der Waals surface area contributed by atoms with Gasteiger partial charge in [-0.15, -0.1) is 0 Å². The molecule has 2 amide bonds. The van der Waals surface area contributed by atoms with E-state index < -0.39 is 0 Å². The molecule has 0 unspecified atom stereocenters. The highest BCUT2D eigenvalue weighted by Crippen LogP contribution is 2.40. The van der Waals surface area contributed by atoms with Crippen molar-refractivity contribution in [3.63, 3.8) is 0 Å². The maximum Gasteiger partial charge on any atom is 0.246 e. The predicted octanol–water partition coefficient (Wildman–Crippen LogP) is 2.96. The largest absolute Gasteiger partial charge is 0.454 e. The molecule has 2 fully saturated rings. The van der Waals surface area contributed by atoms with E-state index in [0.717, 1.165) is 5.56 Å². The summed E-state index contributed by atoms with van der Waals surface area (Å²) in [5.74, 6) is 1.22. The van der Waals surface area contributed by atoms with Crippen LogP contribution in [0, 0.1) is 5.92 Å². The molecule has 7 nitrogen and oxygen atoms in total. The van der Waals surface area contributed by atoms with Crippen LogP contribution in [0.15, 0.2) is 18.2 Å². The van der Waals surface area contributed by atoms with Crippen LogP contribution in [0.4, 0.5) is 0 Å². The number of fused-ring (bicyclic) bond motifs is 1. The lowest BCUT2D eigenvalue weighted by molar-refractivity contribution is -0.149. The first-order chi connectivity index (χ1) is 14.4. The number of likely N-dealkylation sites (tertiary alicyclic amines) is 1. The van der Waals surface area contributed by atoms with Gasteiger partial charge in [0.1, 0.15) is 0 Å². The first-order valence-corrected chi connectivity index (χ1v) is 10.8. The standard InChI is InChI=1S/C22H27ClN2O5/c1-14-11-25(12-15(2)30-14)22(27)17-5-7-24(8-6-17)20(26)4-3-16-9-18(23)21-19(10-16)28-13-29-21/h3-4,9-10,14-15,17H,5-8,11-13H2,1-2H3/b4-3-/t14-,15-/m1/s1. The average Bonchev–Trinajstić information content (AvgIpc) is 3.20. The molecule has 0 bridgehead atoms. The van der Waals surface area contributed by atoms with Gasteiger partial charge in [0, 0.05) is 38.2 Å². The molecule has 30 heavy (non-hydrogen) atoms. The summed E-state index contributed by atoms with van der Waals surface area (Å²) in [6, 6.07) is 3.54. The normalized spacial score (nSPS) is 24.5. The minimum absolute atomic E-state index is 0.0248. The van der Waals surface area contributed by atoms with Crippen molar-refractivity contribution in [2.45, 2.75) is 38.9 Å². The van der Waals surface area contributed by atoms with Crippen LogP contribution in [0.1, 0.15) is 32.3 Å². The maximum absolute atomic E-state index is 12.9. The summed E-state index contributed by atoms with van der Waals surface area (Å²) in [5, 5.41) is 0.461. The van der Waals surface area contributed by atoms with Crippen LogP contribution < -0.4 is 9.47 Å². The smallest absolute Gasteiger partial charge is 0.246 e. The Morgan fingerprint density at radius 3 is 2.47 bits per heavy atom. The van der Waals surface area contributed by atoms with Crippen LogP contribution in [0.3, 0.4) is 0 Å². The number of carbonyl (C=O) groups excluding carboxylic acids is 2. The van der Waals surface area contributed by atoms with Crippen LogP contribution >= 0.6 is 11.6 Å². The second kappa shape index (κ2) is 8.86. The first kappa shape index (κ1) is 21.0. The Bertz CT molecular complexity index is 840. The third-order valence-electron chi connectivity index (χ3n) is 5.76. The third-order valence-corrected chi connectivity index (χ3v) is 6.04. The Morgan fingerprint density at radius 2 is 1.77 bits per heavy atom. The first-order valence-electron chi connectivity index (χ1n) is 10.4. The monoisotopic (exact) mass is 434 g/mol. The lowest BCUT2D eigenvalue weighted by atomic mass is 9.94. The Hall–Kier alpha value is -2.25. The number of halogens is 1. The second-order valence-electron chi connectivity index (χ2n) is 8.17. The molecule has 3 heterocycles. The van der Waals surface area contributed by atoms with Crippen molar-refractivity contribution in [1.82, 2.24) is 9.80 Å². The highest BCUT2D eigenvalue weighted by atomic mass is 35.5. The second-order valence-corrected chi connectivity index (χ2v) is 8.58. The van der Waals surface area contributed by atoms with Gasteiger partial charge in [0.05, 0.1) is 17.2 Å². The van der Waals surface area contributed by atoms with Crippen LogP contribution in [-0.4, -0.2) is 66.8 Å². The summed E-state index contributed by atoms with van der Waals surface area (Å²) in [7, 11) is 0. The lowest BCUT2D eigenvalue weighted by Crippen LogP contribution is -2.51. The molecule has 2 saturated heterocycles. The van der Waals surface area contributed by atoms with E-state index in [1.54, 1.807) is 29.2 Å². The number of rotatable bonds is 3. The van der Waals surface area contributed by atoms with E-state index in [4.69, 9.17) is 25.8 Å². The number of ether oxygens (including phenoxy) is 3. The molecule has 3 aliphatic rings. The Balaban J connectivity index is 1.31. The summed E-state index contributed by atoms with van der Waals surface area (Å²) >= 11 is 6.19. The van der Waals surface area contributed by atoms with Gasteiger partial charge in [-0.3, -0.25) is 9.59 Å². The van der Waals surface area contributed by atoms with Gasteiger partial charge in [-0.05, 0) is 50.5 Å². The third kappa shape index (κ3) is 4.57. The van der Waals surface area contributed by atoms with Gasteiger partial charge in [0.25, 0.3) is 0 Å². The number of nitrogens with zero attached hydrogens (tertiary/aromatic N) is 2. The summed E-state index contributed by atoms with van der Waals surface area (Å²) in [4.78, 5) is 29.2. The molecule has 0 radical (unpaired) electrons. The molecule has 0 spiro atoms. The zero-order valence-corrected chi connectivity index (χ0v) is 18.1. The van der Waals surface area contributed by atoms with Crippen molar-refractivity contribution < 1.29 is 23.8 Å². The van der Waals surface area contributed by atoms with Gasteiger partial charge in [-0.1, -0.05) is 11.6 Å². The predicted molar refractivity (Wildman–Crippen MR) is 113 cm³/mol. The van der Waals surface area contributed by atoms with Crippen molar-refractivity contribution in [1.29, 1.82) is 0 Å². The van der Waals surface area contributed by atoms with E-state index in [1.165, 1.54) is 0 Å². The molecule has 8 heteroatoms. The summed E-state index contributed by atoms with van der Waals surface area (Å²) in [5.41, 5.74) is 0.776. The number of piperidine rings is 1. The molecular formula is C22H27ClN2O5. The Morgan fingerprint density at radius 1 is 1.07 bits per heavy atom. The summed E-state index contributed by atoms with van der Waals surface area (Å²) in [6.07, 6.45) is 4.77. The van der Waals surface area contributed by atoms with E-state index in [9.17, 15) is 9.59 Å². The van der Waals surface area contributed by atoms with Crippen molar-refractivity contribution in [3.05, 3.63) is 28.8 Å². The van der Waals surface area contributed by atoms with E-state index in [1.807, 2.05) is 18.7 Å². The quantitative estimate of drug-likeness (QED) is 0.684. The molecular weight excluding hydrogens is 408 g/mol. The zero-order chi connectivity index (χ0) is 21.3. The molecule has 0 N–H and O–H groups in total. The van der Waals surface area contributed by atoms with Gasteiger partial charge >= 0.3 is 0 Å². The summed E-state index contributed by atoms with van der Waals surface area (Å²) < 4.78 is 16.4. The molecule has 2 atom stereocenters.